The molecule has 2 aliphatic rings. The van der Waals surface area contributed by atoms with Crippen molar-refractivity contribution in [3.8, 4) is 11.5 Å². The molecule has 1 fully saturated rings. The molecule has 0 aromatic heterocycles. The summed E-state index contributed by atoms with van der Waals surface area (Å²) in [6.07, 6.45) is 4.05. The molecule has 1 aliphatic carbocycles. The molecule has 1 amide bonds. The van der Waals surface area contributed by atoms with Crippen LogP contribution in [0.15, 0.2) is 18.2 Å². The van der Waals surface area contributed by atoms with Gasteiger partial charge in [-0.3, -0.25) is 4.79 Å². The van der Waals surface area contributed by atoms with Crippen LogP contribution in [0.4, 0.5) is 0 Å². The van der Waals surface area contributed by atoms with E-state index in [2.05, 4.69) is 5.32 Å². The van der Waals surface area contributed by atoms with Crippen LogP contribution in [-0.4, -0.2) is 36.4 Å². The quantitative estimate of drug-likeness (QED) is 0.873. The Balaban J connectivity index is 1.71. The highest BCUT2D eigenvalue weighted by atomic mass is 16.5. The zero-order valence-corrected chi connectivity index (χ0v) is 12.0. The number of ether oxygens (including phenoxy) is 2. The molecule has 2 N–H and O–H groups in total. The summed E-state index contributed by atoms with van der Waals surface area (Å²) in [5.74, 6) is 1.13. The van der Waals surface area contributed by atoms with Gasteiger partial charge in [-0.1, -0.05) is 12.8 Å². The molecule has 1 saturated carbocycles. The zero-order valence-electron chi connectivity index (χ0n) is 12.0. The monoisotopic (exact) mass is 291 g/mol. The van der Waals surface area contributed by atoms with Gasteiger partial charge < -0.3 is 19.9 Å². The van der Waals surface area contributed by atoms with Crippen LogP contribution in [0.3, 0.4) is 0 Å². The van der Waals surface area contributed by atoms with E-state index in [1.54, 1.807) is 18.2 Å². The predicted octanol–water partition coefficient (Wildman–Crippen LogP) is 1.88. The molecule has 114 valence electrons. The Morgan fingerprint density at radius 2 is 1.86 bits per heavy atom. The number of carbonyl (C=O) groups excluding carboxylic acids is 1. The summed E-state index contributed by atoms with van der Waals surface area (Å²) in [6, 6.07) is 5.07. The molecule has 2 atom stereocenters. The highest BCUT2D eigenvalue weighted by molar-refractivity contribution is 5.95. The van der Waals surface area contributed by atoms with Crippen LogP contribution in [-0.2, 0) is 0 Å². The molecule has 0 radical (unpaired) electrons. The minimum atomic E-state index is -0.442. The Morgan fingerprint density at radius 3 is 2.67 bits per heavy atom. The molecule has 5 nitrogen and oxygen atoms in total. The van der Waals surface area contributed by atoms with E-state index in [1.165, 1.54) is 0 Å². The third-order valence-corrected chi connectivity index (χ3v) is 4.06. The third kappa shape index (κ3) is 3.29. The summed E-state index contributed by atoms with van der Waals surface area (Å²) in [6.45, 7) is 1.23. The van der Waals surface area contributed by atoms with E-state index in [9.17, 15) is 9.90 Å². The summed E-state index contributed by atoms with van der Waals surface area (Å²) < 4.78 is 11.1. The summed E-state index contributed by atoms with van der Waals surface area (Å²) in [4.78, 5) is 12.3. The lowest BCUT2D eigenvalue weighted by atomic mass is 9.92. The van der Waals surface area contributed by atoms with Gasteiger partial charge in [-0.2, -0.15) is 0 Å². The number of nitrogens with one attached hydrogen (secondary N) is 1. The molecule has 0 unspecified atom stereocenters. The molecule has 0 spiro atoms. The van der Waals surface area contributed by atoms with Crippen molar-refractivity contribution in [3.63, 3.8) is 0 Å². The fraction of sp³-hybridized carbons (Fsp3) is 0.562. The summed E-state index contributed by atoms with van der Waals surface area (Å²) in [5.41, 5.74) is 0.539. The van der Waals surface area contributed by atoms with E-state index in [0.29, 0.717) is 30.3 Å². The zero-order chi connectivity index (χ0) is 14.7. The van der Waals surface area contributed by atoms with Gasteiger partial charge in [0, 0.05) is 12.0 Å². The average molecular weight is 291 g/mol. The Morgan fingerprint density at radius 1 is 1.10 bits per heavy atom. The van der Waals surface area contributed by atoms with Crippen molar-refractivity contribution in [3.05, 3.63) is 23.8 Å². The largest absolute Gasteiger partial charge is 0.490 e. The number of carbonyl (C=O) groups is 1. The molecular formula is C16H21NO4. The molecule has 21 heavy (non-hydrogen) atoms. The highest BCUT2D eigenvalue weighted by Crippen LogP contribution is 2.30. The molecule has 1 aromatic carbocycles. The van der Waals surface area contributed by atoms with Crippen molar-refractivity contribution >= 4 is 5.91 Å². The van der Waals surface area contributed by atoms with Crippen molar-refractivity contribution in [2.75, 3.05) is 13.2 Å². The third-order valence-electron chi connectivity index (χ3n) is 4.06. The topological polar surface area (TPSA) is 67.8 Å². The van der Waals surface area contributed by atoms with Gasteiger partial charge in [0.15, 0.2) is 11.5 Å². The maximum atomic E-state index is 12.3. The van der Waals surface area contributed by atoms with E-state index in [1.807, 2.05) is 0 Å². The van der Waals surface area contributed by atoms with Gasteiger partial charge in [0.25, 0.3) is 5.91 Å². The lowest BCUT2D eigenvalue weighted by molar-refractivity contribution is 0.0717. The van der Waals surface area contributed by atoms with Gasteiger partial charge in [0.05, 0.1) is 25.4 Å². The summed E-state index contributed by atoms with van der Waals surface area (Å²) >= 11 is 0. The molecule has 1 aliphatic heterocycles. The smallest absolute Gasteiger partial charge is 0.251 e. The van der Waals surface area contributed by atoms with Crippen LogP contribution >= 0.6 is 0 Å². The Labute approximate surface area is 124 Å². The van der Waals surface area contributed by atoms with Gasteiger partial charge in [-0.25, -0.2) is 0 Å². The van der Waals surface area contributed by atoms with Gasteiger partial charge in [0.1, 0.15) is 0 Å². The molecule has 0 saturated heterocycles. The van der Waals surface area contributed by atoms with Crippen molar-refractivity contribution in [2.24, 2.45) is 0 Å². The molecule has 3 rings (SSSR count). The Kier molecular flexibility index (Phi) is 4.29. The number of aliphatic hydroxyl groups is 1. The number of hydrogen-bond donors (Lipinski definition) is 2. The van der Waals surface area contributed by atoms with E-state index in [-0.39, 0.29) is 11.9 Å². The van der Waals surface area contributed by atoms with Crippen LogP contribution in [0.5, 0.6) is 11.5 Å². The SMILES string of the molecule is O=C(N[C@@H]1CCCC[C@H]1O)c1ccc2c(c1)OCCCO2. The molecule has 1 heterocycles. The first-order valence-corrected chi connectivity index (χ1v) is 7.62. The van der Waals surface area contributed by atoms with E-state index >= 15 is 0 Å². The normalized spacial score (nSPS) is 25.0. The fourth-order valence-corrected chi connectivity index (χ4v) is 2.84. The number of fused-ring (bicyclic) bond motifs is 1. The van der Waals surface area contributed by atoms with Gasteiger partial charge in [0.2, 0.25) is 0 Å². The van der Waals surface area contributed by atoms with Crippen LogP contribution in [0.1, 0.15) is 42.5 Å². The van der Waals surface area contributed by atoms with Crippen LogP contribution in [0.25, 0.3) is 0 Å². The standard InChI is InChI=1S/C16H21NO4/c18-13-5-2-1-4-12(13)17-16(19)11-6-7-14-15(10-11)21-9-3-8-20-14/h6-7,10,12-13,18H,1-5,8-9H2,(H,17,19)/t12-,13-/m1/s1. The minimum Gasteiger partial charge on any atom is -0.490 e. The first kappa shape index (κ1) is 14.2. The lowest BCUT2D eigenvalue weighted by Crippen LogP contribution is -2.45. The fourth-order valence-electron chi connectivity index (χ4n) is 2.84. The number of hydrogen-bond acceptors (Lipinski definition) is 4. The molecular weight excluding hydrogens is 270 g/mol. The first-order chi connectivity index (χ1) is 10.2. The molecule has 5 heteroatoms. The summed E-state index contributed by atoms with van der Waals surface area (Å²) in [7, 11) is 0. The van der Waals surface area contributed by atoms with Crippen LogP contribution < -0.4 is 14.8 Å². The van der Waals surface area contributed by atoms with Crippen molar-refractivity contribution in [1.82, 2.24) is 5.32 Å². The molecule has 1 aromatic rings. The van der Waals surface area contributed by atoms with Crippen molar-refractivity contribution in [2.45, 2.75) is 44.2 Å². The lowest BCUT2D eigenvalue weighted by Gasteiger charge is -2.28. The van der Waals surface area contributed by atoms with Crippen LogP contribution in [0, 0.1) is 0 Å². The second kappa shape index (κ2) is 6.35. The highest BCUT2D eigenvalue weighted by Gasteiger charge is 2.25. The summed E-state index contributed by atoms with van der Waals surface area (Å²) in [5, 5.41) is 12.9. The van der Waals surface area contributed by atoms with E-state index in [0.717, 1.165) is 32.1 Å². The molecule has 0 bridgehead atoms. The second-order valence-electron chi connectivity index (χ2n) is 5.64. The van der Waals surface area contributed by atoms with E-state index in [4.69, 9.17) is 9.47 Å². The van der Waals surface area contributed by atoms with Gasteiger partial charge >= 0.3 is 0 Å². The number of rotatable bonds is 2. The Hall–Kier alpha value is -1.75. The van der Waals surface area contributed by atoms with Crippen LogP contribution in [0.2, 0.25) is 0 Å². The van der Waals surface area contributed by atoms with Gasteiger partial charge in [-0.15, -0.1) is 0 Å². The van der Waals surface area contributed by atoms with Crippen molar-refractivity contribution in [1.29, 1.82) is 0 Å². The maximum absolute atomic E-state index is 12.3. The van der Waals surface area contributed by atoms with Crippen molar-refractivity contribution < 1.29 is 19.4 Å². The van der Waals surface area contributed by atoms with E-state index < -0.39 is 6.10 Å². The Bertz CT molecular complexity index is 517. The number of benzene rings is 1. The number of amides is 1. The average Bonchev–Trinajstić information content (AvgIpc) is 2.74. The maximum Gasteiger partial charge on any atom is 0.251 e. The van der Waals surface area contributed by atoms with Gasteiger partial charge in [-0.05, 0) is 31.0 Å². The second-order valence-corrected chi connectivity index (χ2v) is 5.64. The predicted molar refractivity (Wildman–Crippen MR) is 77.8 cm³/mol. The number of aliphatic hydroxyl groups excluding tert-OH is 1. The first-order valence-electron chi connectivity index (χ1n) is 7.62. The minimum absolute atomic E-state index is 0.151.